The summed E-state index contributed by atoms with van der Waals surface area (Å²) < 4.78 is 49.5. The molecule has 9 heteroatoms. The summed E-state index contributed by atoms with van der Waals surface area (Å²) in [7, 11) is -7.40. The van der Waals surface area contributed by atoms with Gasteiger partial charge >= 0.3 is 5.97 Å². The van der Waals surface area contributed by atoms with Crippen molar-refractivity contribution < 1.29 is 26.7 Å². The number of aryl methyl sites for hydroxylation is 1. The van der Waals surface area contributed by atoms with Gasteiger partial charge in [0.25, 0.3) is 0 Å². The van der Waals surface area contributed by atoms with E-state index in [1.165, 1.54) is 12.1 Å². The molecule has 1 aliphatic heterocycles. The zero-order valence-electron chi connectivity index (χ0n) is 12.7. The molecular weight excluding hydrogens is 342 g/mol. The van der Waals surface area contributed by atoms with E-state index in [1.807, 2.05) is 6.92 Å². The van der Waals surface area contributed by atoms with E-state index in [2.05, 4.69) is 0 Å². The number of carbonyl (C=O) groups is 1. The minimum absolute atomic E-state index is 0.0275. The van der Waals surface area contributed by atoms with Crippen molar-refractivity contribution in [2.75, 3.05) is 18.1 Å². The Morgan fingerprint density at radius 3 is 2.35 bits per heavy atom. The molecule has 23 heavy (non-hydrogen) atoms. The Hall–Kier alpha value is -1.45. The zero-order valence-corrected chi connectivity index (χ0v) is 14.3. The van der Waals surface area contributed by atoms with Crippen LogP contribution in [-0.4, -0.2) is 56.3 Å². The highest BCUT2D eigenvalue weighted by molar-refractivity contribution is 7.92. The molecule has 0 amide bonds. The molecule has 1 aliphatic rings. The fourth-order valence-electron chi connectivity index (χ4n) is 2.58. The minimum Gasteiger partial charge on any atom is -0.480 e. The van der Waals surface area contributed by atoms with Crippen LogP contribution in [0, 0.1) is 0 Å². The number of carboxylic acids is 1. The lowest BCUT2D eigenvalue weighted by Crippen LogP contribution is -2.44. The summed E-state index contributed by atoms with van der Waals surface area (Å²) >= 11 is 0. The van der Waals surface area contributed by atoms with Gasteiger partial charge in [0.2, 0.25) is 10.0 Å². The number of carboxylic acid groups (broad SMARTS) is 1. The first-order valence-electron chi connectivity index (χ1n) is 7.18. The maximum Gasteiger partial charge on any atom is 0.318 e. The molecule has 1 atom stereocenters. The van der Waals surface area contributed by atoms with E-state index in [-0.39, 0.29) is 22.8 Å². The zero-order chi connectivity index (χ0) is 17.3. The van der Waals surface area contributed by atoms with Gasteiger partial charge in [0.1, 0.15) is 6.54 Å². The number of sulfonamides is 1. The van der Waals surface area contributed by atoms with Crippen molar-refractivity contribution in [3.05, 3.63) is 29.8 Å². The summed E-state index contributed by atoms with van der Waals surface area (Å²) in [5, 5.41) is 9.01. The Kier molecular flexibility index (Phi) is 5.12. The van der Waals surface area contributed by atoms with Gasteiger partial charge in [-0.25, -0.2) is 16.8 Å². The highest BCUT2D eigenvalue weighted by Crippen LogP contribution is 2.25. The van der Waals surface area contributed by atoms with E-state index in [0.717, 1.165) is 16.3 Å². The van der Waals surface area contributed by atoms with E-state index in [4.69, 9.17) is 5.11 Å². The molecule has 1 aromatic carbocycles. The molecule has 1 N–H and O–H groups in total. The maximum absolute atomic E-state index is 12.7. The second-order valence-electron chi connectivity index (χ2n) is 5.50. The van der Waals surface area contributed by atoms with Crippen molar-refractivity contribution in [2.45, 2.75) is 30.7 Å². The predicted molar refractivity (Wildman–Crippen MR) is 84.4 cm³/mol. The number of rotatable bonds is 6. The van der Waals surface area contributed by atoms with Gasteiger partial charge in [0.15, 0.2) is 9.84 Å². The molecule has 0 aromatic heterocycles. The van der Waals surface area contributed by atoms with Gasteiger partial charge in [0, 0.05) is 6.04 Å². The first-order chi connectivity index (χ1) is 10.7. The lowest BCUT2D eigenvalue weighted by molar-refractivity contribution is -0.137. The van der Waals surface area contributed by atoms with Gasteiger partial charge in [-0.1, -0.05) is 19.1 Å². The molecule has 0 spiro atoms. The first kappa shape index (κ1) is 17.9. The lowest BCUT2D eigenvalue weighted by Gasteiger charge is -2.25. The van der Waals surface area contributed by atoms with Crippen LogP contribution < -0.4 is 0 Å². The van der Waals surface area contributed by atoms with Crippen LogP contribution in [0.2, 0.25) is 0 Å². The van der Waals surface area contributed by atoms with Gasteiger partial charge in [-0.05, 0) is 30.5 Å². The highest BCUT2D eigenvalue weighted by Gasteiger charge is 2.39. The van der Waals surface area contributed by atoms with Crippen molar-refractivity contribution in [3.63, 3.8) is 0 Å². The molecule has 7 nitrogen and oxygen atoms in total. The Labute approximate surface area is 135 Å². The summed E-state index contributed by atoms with van der Waals surface area (Å²) in [6, 6.07) is 5.33. The van der Waals surface area contributed by atoms with E-state index >= 15 is 0 Å². The number of sulfone groups is 1. The second-order valence-corrected chi connectivity index (χ2v) is 9.62. The number of benzene rings is 1. The molecule has 0 aliphatic carbocycles. The number of hydrogen-bond acceptors (Lipinski definition) is 5. The van der Waals surface area contributed by atoms with Crippen molar-refractivity contribution in [1.82, 2.24) is 4.31 Å². The number of hydrogen-bond donors (Lipinski definition) is 1. The average molecular weight is 361 g/mol. The van der Waals surface area contributed by atoms with Crippen LogP contribution in [0.15, 0.2) is 29.2 Å². The van der Waals surface area contributed by atoms with E-state index in [9.17, 15) is 21.6 Å². The molecular formula is C14H19NO6S2. The fraction of sp³-hybridized carbons (Fsp3) is 0.500. The predicted octanol–water partition coefficient (Wildman–Crippen LogP) is 0.511. The third-order valence-corrected chi connectivity index (χ3v) is 7.51. The van der Waals surface area contributed by atoms with Crippen LogP contribution in [-0.2, 0) is 31.1 Å². The van der Waals surface area contributed by atoms with Gasteiger partial charge < -0.3 is 5.11 Å². The first-order valence-corrected chi connectivity index (χ1v) is 10.4. The Morgan fingerprint density at radius 1 is 1.30 bits per heavy atom. The Morgan fingerprint density at radius 2 is 1.91 bits per heavy atom. The molecule has 0 unspecified atom stereocenters. The smallest absolute Gasteiger partial charge is 0.318 e. The Balaban J connectivity index is 2.38. The summed E-state index contributed by atoms with van der Waals surface area (Å²) in [5.41, 5.74) is 0.956. The topological polar surface area (TPSA) is 109 Å². The third kappa shape index (κ3) is 4.10. The largest absolute Gasteiger partial charge is 0.480 e. The standard InChI is InChI=1S/C14H19NO6S2/c1-2-11-3-5-13(6-4-11)23(20,21)15(9-14(16)17)12-7-8-22(18,19)10-12/h3-6,12H,2,7-10H2,1H3,(H,16,17)/t12-/m1/s1. The van der Waals surface area contributed by atoms with Crippen molar-refractivity contribution in [2.24, 2.45) is 0 Å². The van der Waals surface area contributed by atoms with Crippen LogP contribution in [0.4, 0.5) is 0 Å². The molecule has 2 rings (SSSR count). The summed E-state index contributed by atoms with van der Waals surface area (Å²) in [5.74, 6) is -1.78. The van der Waals surface area contributed by atoms with Crippen molar-refractivity contribution in [1.29, 1.82) is 0 Å². The number of aliphatic carboxylic acids is 1. The molecule has 1 heterocycles. The average Bonchev–Trinajstić information content (AvgIpc) is 2.84. The third-order valence-electron chi connectivity index (χ3n) is 3.84. The normalized spacial score (nSPS) is 20.7. The number of nitrogens with zero attached hydrogens (tertiary/aromatic N) is 1. The van der Waals surface area contributed by atoms with Crippen LogP contribution >= 0.6 is 0 Å². The van der Waals surface area contributed by atoms with Gasteiger partial charge in [0.05, 0.1) is 16.4 Å². The SMILES string of the molecule is CCc1ccc(S(=O)(=O)N(CC(=O)O)[C@@H]2CCS(=O)(=O)C2)cc1. The molecule has 128 valence electrons. The van der Waals surface area contributed by atoms with Gasteiger partial charge in [-0.3, -0.25) is 4.79 Å². The maximum atomic E-state index is 12.7. The summed E-state index contributed by atoms with van der Waals surface area (Å²) in [6.07, 6.45) is 0.863. The van der Waals surface area contributed by atoms with Gasteiger partial charge in [-0.2, -0.15) is 4.31 Å². The summed E-state index contributed by atoms with van der Waals surface area (Å²) in [6.45, 7) is 1.18. The van der Waals surface area contributed by atoms with Crippen LogP contribution in [0.1, 0.15) is 18.9 Å². The van der Waals surface area contributed by atoms with Crippen LogP contribution in [0.3, 0.4) is 0 Å². The van der Waals surface area contributed by atoms with Gasteiger partial charge in [-0.15, -0.1) is 0 Å². The highest BCUT2D eigenvalue weighted by atomic mass is 32.2. The second kappa shape index (κ2) is 6.58. The fourth-order valence-corrected chi connectivity index (χ4v) is 6.01. The van der Waals surface area contributed by atoms with E-state index in [1.54, 1.807) is 12.1 Å². The van der Waals surface area contributed by atoms with Crippen LogP contribution in [0.5, 0.6) is 0 Å². The van der Waals surface area contributed by atoms with Crippen molar-refractivity contribution >= 4 is 25.8 Å². The quantitative estimate of drug-likeness (QED) is 0.791. The molecule has 1 fully saturated rings. The summed E-state index contributed by atoms with van der Waals surface area (Å²) in [4.78, 5) is 11.0. The molecule has 0 bridgehead atoms. The molecule has 0 saturated carbocycles. The lowest BCUT2D eigenvalue weighted by atomic mass is 10.2. The molecule has 1 saturated heterocycles. The van der Waals surface area contributed by atoms with E-state index in [0.29, 0.717) is 0 Å². The van der Waals surface area contributed by atoms with Crippen LogP contribution in [0.25, 0.3) is 0 Å². The monoisotopic (exact) mass is 361 g/mol. The molecule has 1 aromatic rings. The van der Waals surface area contributed by atoms with Crippen molar-refractivity contribution in [3.8, 4) is 0 Å². The molecule has 0 radical (unpaired) electrons. The Bertz CT molecular complexity index is 783. The van der Waals surface area contributed by atoms with E-state index < -0.39 is 38.4 Å². The minimum atomic E-state index is -4.07.